The Bertz CT molecular complexity index is 297. The lowest BCUT2D eigenvalue weighted by Gasteiger charge is -2.16. The lowest BCUT2D eigenvalue weighted by molar-refractivity contribution is -0.121. The van der Waals surface area contributed by atoms with E-state index in [1.807, 2.05) is 6.92 Å². The minimum atomic E-state index is -0.553. The van der Waals surface area contributed by atoms with Gasteiger partial charge in [0.2, 0.25) is 5.91 Å². The molecule has 0 aromatic carbocycles. The van der Waals surface area contributed by atoms with Gasteiger partial charge in [-0.15, -0.1) is 0 Å². The zero-order chi connectivity index (χ0) is 16.1. The van der Waals surface area contributed by atoms with Crippen molar-refractivity contribution in [3.05, 3.63) is 0 Å². The van der Waals surface area contributed by atoms with Crippen LogP contribution in [0.25, 0.3) is 0 Å². The zero-order valence-electron chi connectivity index (χ0n) is 13.7. The summed E-state index contributed by atoms with van der Waals surface area (Å²) in [4.78, 5) is 23.4. The van der Waals surface area contributed by atoms with E-state index in [0.717, 1.165) is 19.3 Å². The summed E-state index contributed by atoms with van der Waals surface area (Å²) < 4.78 is 0. The van der Waals surface area contributed by atoms with E-state index in [4.69, 9.17) is 0 Å². The second kappa shape index (κ2) is 13.1. The predicted octanol–water partition coefficient (Wildman–Crippen LogP) is 3.13. The first-order valence-corrected chi connectivity index (χ1v) is 9.12. The van der Waals surface area contributed by atoms with Gasteiger partial charge in [0.05, 0.1) is 12.0 Å². The number of aliphatic hydroxyl groups is 1. The van der Waals surface area contributed by atoms with E-state index in [1.54, 1.807) is 6.92 Å². The smallest absolute Gasteiger partial charge is 0.220 e. The number of hydrogen-bond acceptors (Lipinski definition) is 4. The van der Waals surface area contributed by atoms with E-state index >= 15 is 0 Å². The Morgan fingerprint density at radius 1 is 1.14 bits per heavy atom. The van der Waals surface area contributed by atoms with Crippen LogP contribution in [0.5, 0.6) is 0 Å². The largest absolute Gasteiger partial charge is 0.392 e. The van der Waals surface area contributed by atoms with Crippen LogP contribution in [0, 0.1) is 5.92 Å². The Morgan fingerprint density at radius 2 is 1.86 bits per heavy atom. The van der Waals surface area contributed by atoms with E-state index in [1.165, 1.54) is 24.6 Å². The third-order valence-electron chi connectivity index (χ3n) is 3.46. The summed E-state index contributed by atoms with van der Waals surface area (Å²) in [6, 6.07) is 0. The maximum Gasteiger partial charge on any atom is 0.220 e. The molecule has 0 bridgehead atoms. The van der Waals surface area contributed by atoms with Crippen molar-refractivity contribution >= 4 is 22.8 Å². The Morgan fingerprint density at radius 3 is 2.48 bits per heavy atom. The molecule has 0 aliphatic heterocycles. The summed E-state index contributed by atoms with van der Waals surface area (Å²) in [5, 5.41) is 12.6. The topological polar surface area (TPSA) is 66.4 Å². The van der Waals surface area contributed by atoms with Crippen molar-refractivity contribution < 1.29 is 14.7 Å². The summed E-state index contributed by atoms with van der Waals surface area (Å²) in [7, 11) is 0. The maximum absolute atomic E-state index is 11.8. The Kier molecular flexibility index (Phi) is 12.8. The highest BCUT2D eigenvalue weighted by atomic mass is 32.2. The van der Waals surface area contributed by atoms with Crippen LogP contribution < -0.4 is 5.32 Å². The van der Waals surface area contributed by atoms with Gasteiger partial charge in [-0.2, -0.15) is 0 Å². The lowest BCUT2D eigenvalue weighted by Crippen LogP contribution is -2.27. The van der Waals surface area contributed by atoms with Gasteiger partial charge in [0, 0.05) is 18.7 Å². The fourth-order valence-electron chi connectivity index (χ4n) is 1.98. The summed E-state index contributed by atoms with van der Waals surface area (Å²) in [6.07, 6.45) is 5.93. The first-order chi connectivity index (χ1) is 10.0. The molecule has 0 saturated carbocycles. The van der Waals surface area contributed by atoms with Crippen molar-refractivity contribution in [1.29, 1.82) is 0 Å². The number of unbranched alkanes of at least 4 members (excludes halogenated alkanes) is 3. The van der Waals surface area contributed by atoms with Crippen molar-refractivity contribution in [2.24, 2.45) is 5.92 Å². The van der Waals surface area contributed by atoms with E-state index < -0.39 is 6.10 Å². The number of carbonyl (C=O) groups is 2. The number of carbonyl (C=O) groups excluding carboxylic acids is 2. The van der Waals surface area contributed by atoms with Gasteiger partial charge in [-0.1, -0.05) is 58.2 Å². The third kappa shape index (κ3) is 10.8. The third-order valence-corrected chi connectivity index (χ3v) is 4.52. The normalized spacial score (nSPS) is 13.7. The minimum Gasteiger partial charge on any atom is -0.392 e. The van der Waals surface area contributed by atoms with Gasteiger partial charge in [-0.3, -0.25) is 9.59 Å². The molecule has 0 aliphatic carbocycles. The van der Waals surface area contributed by atoms with Crippen LogP contribution in [-0.2, 0) is 9.59 Å². The van der Waals surface area contributed by atoms with E-state index in [9.17, 15) is 14.7 Å². The monoisotopic (exact) mass is 317 g/mol. The Hall–Kier alpha value is -0.550. The van der Waals surface area contributed by atoms with Crippen LogP contribution in [0.3, 0.4) is 0 Å². The number of hydrogen-bond donors (Lipinski definition) is 2. The fraction of sp³-hybridized carbons (Fsp3) is 0.875. The Balaban J connectivity index is 3.65. The molecule has 5 heteroatoms. The van der Waals surface area contributed by atoms with Gasteiger partial charge in [0.15, 0.2) is 5.12 Å². The molecule has 2 atom stereocenters. The first-order valence-electron chi connectivity index (χ1n) is 8.14. The van der Waals surface area contributed by atoms with Gasteiger partial charge in [-0.25, -0.2) is 0 Å². The second-order valence-electron chi connectivity index (χ2n) is 5.47. The van der Waals surface area contributed by atoms with Crippen molar-refractivity contribution in [3.8, 4) is 0 Å². The van der Waals surface area contributed by atoms with Crippen LogP contribution in [0.2, 0.25) is 0 Å². The molecule has 0 radical (unpaired) electrons. The zero-order valence-corrected chi connectivity index (χ0v) is 14.5. The lowest BCUT2D eigenvalue weighted by atomic mass is 10.0. The SMILES string of the molecule is CCCCCCC(=O)NCCSC(=O)C(C)[C@H](O)CCC. The minimum absolute atomic E-state index is 0.00754. The van der Waals surface area contributed by atoms with Gasteiger partial charge in [-0.05, 0) is 12.8 Å². The van der Waals surface area contributed by atoms with Crippen LogP contribution in [0.4, 0.5) is 0 Å². The van der Waals surface area contributed by atoms with Crippen molar-refractivity contribution in [1.82, 2.24) is 5.32 Å². The van der Waals surface area contributed by atoms with E-state index in [-0.39, 0.29) is 16.9 Å². The molecule has 1 unspecified atom stereocenters. The molecule has 0 rings (SSSR count). The standard InChI is InChI=1S/C16H31NO3S/c1-4-6-7-8-10-15(19)17-11-12-21-16(20)13(3)14(18)9-5-2/h13-14,18H,4-12H2,1-3H3,(H,17,19)/t13?,14-/m1/s1. The Labute approximate surface area is 133 Å². The average molecular weight is 317 g/mol. The van der Waals surface area contributed by atoms with Crippen molar-refractivity contribution in [2.45, 2.75) is 71.8 Å². The number of thioether (sulfide) groups is 1. The molecule has 0 heterocycles. The van der Waals surface area contributed by atoms with Gasteiger partial charge in [0.25, 0.3) is 0 Å². The highest BCUT2D eigenvalue weighted by molar-refractivity contribution is 8.13. The van der Waals surface area contributed by atoms with Crippen LogP contribution >= 0.6 is 11.8 Å². The highest BCUT2D eigenvalue weighted by Gasteiger charge is 2.21. The summed E-state index contributed by atoms with van der Waals surface area (Å²) in [5.41, 5.74) is 0. The van der Waals surface area contributed by atoms with Crippen LogP contribution in [0.1, 0.15) is 65.7 Å². The van der Waals surface area contributed by atoms with Crippen molar-refractivity contribution in [3.63, 3.8) is 0 Å². The summed E-state index contributed by atoms with van der Waals surface area (Å²) in [6.45, 7) is 6.41. The van der Waals surface area contributed by atoms with Crippen LogP contribution in [-0.4, -0.2) is 34.5 Å². The molecule has 0 aromatic heterocycles. The average Bonchev–Trinajstić information content (AvgIpc) is 2.47. The molecule has 21 heavy (non-hydrogen) atoms. The molecule has 124 valence electrons. The molecule has 0 fully saturated rings. The van der Waals surface area contributed by atoms with E-state index in [0.29, 0.717) is 25.1 Å². The van der Waals surface area contributed by atoms with Gasteiger partial charge >= 0.3 is 0 Å². The molecule has 1 amide bonds. The number of aliphatic hydroxyl groups excluding tert-OH is 1. The van der Waals surface area contributed by atoms with Crippen LogP contribution in [0.15, 0.2) is 0 Å². The molecule has 0 aliphatic rings. The van der Waals surface area contributed by atoms with E-state index in [2.05, 4.69) is 12.2 Å². The molecule has 0 saturated heterocycles. The molecule has 4 nitrogen and oxygen atoms in total. The quantitative estimate of drug-likeness (QED) is 0.543. The number of rotatable bonds is 12. The van der Waals surface area contributed by atoms with Crippen molar-refractivity contribution in [2.75, 3.05) is 12.3 Å². The first kappa shape index (κ1) is 20.5. The molecular weight excluding hydrogens is 286 g/mol. The fourth-order valence-corrected chi connectivity index (χ4v) is 2.80. The molecule has 0 spiro atoms. The molecular formula is C16H31NO3S. The summed E-state index contributed by atoms with van der Waals surface area (Å²) >= 11 is 1.20. The second-order valence-corrected chi connectivity index (χ2v) is 6.57. The molecule has 2 N–H and O–H groups in total. The maximum atomic E-state index is 11.8. The highest BCUT2D eigenvalue weighted by Crippen LogP contribution is 2.17. The van der Waals surface area contributed by atoms with Gasteiger partial charge < -0.3 is 10.4 Å². The predicted molar refractivity (Wildman–Crippen MR) is 89.3 cm³/mol. The number of nitrogens with one attached hydrogen (secondary N) is 1. The number of amides is 1. The summed E-state index contributed by atoms with van der Waals surface area (Å²) in [5.74, 6) is 0.306. The van der Waals surface area contributed by atoms with Gasteiger partial charge in [0.1, 0.15) is 0 Å². The molecule has 0 aromatic rings.